The van der Waals surface area contributed by atoms with Crippen LogP contribution in [0, 0.1) is 0 Å². The number of rotatable bonds is 8. The SMILES string of the molecule is CCOc1cccc(C(=O)N2C[C@H](OC(C)(C)C)C[C@H]2C(=O)NCc2ccc(-c3ccc[nH]3)cc2)c1. The van der Waals surface area contributed by atoms with E-state index in [1.807, 2.05) is 76.4 Å². The van der Waals surface area contributed by atoms with Crippen LogP contribution >= 0.6 is 0 Å². The molecule has 1 aromatic heterocycles. The van der Waals surface area contributed by atoms with Crippen molar-refractivity contribution in [2.75, 3.05) is 13.2 Å². The van der Waals surface area contributed by atoms with Gasteiger partial charge in [-0.2, -0.15) is 0 Å². The van der Waals surface area contributed by atoms with Crippen LogP contribution in [0.3, 0.4) is 0 Å². The van der Waals surface area contributed by atoms with Crippen molar-refractivity contribution in [3.63, 3.8) is 0 Å². The Hall–Kier alpha value is -3.58. The zero-order chi connectivity index (χ0) is 25.7. The molecule has 0 saturated carbocycles. The summed E-state index contributed by atoms with van der Waals surface area (Å²) in [6.07, 6.45) is 2.12. The Morgan fingerprint density at radius 2 is 1.86 bits per heavy atom. The number of benzene rings is 2. The molecule has 36 heavy (non-hydrogen) atoms. The molecular formula is C29H35N3O4. The second kappa shape index (κ2) is 11.0. The van der Waals surface area contributed by atoms with E-state index in [9.17, 15) is 9.59 Å². The molecule has 7 heteroatoms. The van der Waals surface area contributed by atoms with Crippen molar-refractivity contribution >= 4 is 11.8 Å². The first kappa shape index (κ1) is 25.5. The monoisotopic (exact) mass is 489 g/mol. The molecule has 0 bridgehead atoms. The summed E-state index contributed by atoms with van der Waals surface area (Å²) in [7, 11) is 0. The Kier molecular flexibility index (Phi) is 7.79. The third-order valence-corrected chi connectivity index (χ3v) is 6.07. The molecule has 0 aliphatic carbocycles. The Morgan fingerprint density at radius 3 is 2.53 bits per heavy atom. The van der Waals surface area contributed by atoms with E-state index in [2.05, 4.69) is 10.3 Å². The van der Waals surface area contributed by atoms with Crippen molar-refractivity contribution in [1.82, 2.24) is 15.2 Å². The van der Waals surface area contributed by atoms with Gasteiger partial charge in [-0.15, -0.1) is 0 Å². The summed E-state index contributed by atoms with van der Waals surface area (Å²) in [5.41, 5.74) is 3.24. The second-order valence-electron chi connectivity index (χ2n) is 10.0. The number of carbonyl (C=O) groups excluding carboxylic acids is 2. The standard InChI is InChI=1S/C29H35N3O4/c1-5-35-23-9-6-8-22(16-23)28(34)32-19-24(36-29(2,3)4)17-26(32)27(33)31-18-20-11-13-21(14-12-20)25-10-7-15-30-25/h6-16,24,26,30H,5,17-19H2,1-4H3,(H,31,33)/t24-,26+/m1/s1. The normalized spacial score (nSPS) is 17.7. The van der Waals surface area contributed by atoms with Crippen LogP contribution < -0.4 is 10.1 Å². The van der Waals surface area contributed by atoms with Gasteiger partial charge in [-0.25, -0.2) is 0 Å². The lowest BCUT2D eigenvalue weighted by Gasteiger charge is -2.25. The fraction of sp³-hybridized carbons (Fsp3) is 0.379. The second-order valence-corrected chi connectivity index (χ2v) is 10.0. The van der Waals surface area contributed by atoms with Gasteiger partial charge in [-0.05, 0) is 69.2 Å². The molecule has 1 fully saturated rings. The lowest BCUT2D eigenvalue weighted by Crippen LogP contribution is -2.45. The van der Waals surface area contributed by atoms with Crippen LogP contribution in [0.25, 0.3) is 11.3 Å². The highest BCUT2D eigenvalue weighted by Crippen LogP contribution is 2.27. The average Bonchev–Trinajstić information content (AvgIpc) is 3.52. The van der Waals surface area contributed by atoms with Crippen molar-refractivity contribution < 1.29 is 19.1 Å². The van der Waals surface area contributed by atoms with Crippen molar-refractivity contribution in [1.29, 1.82) is 0 Å². The fourth-order valence-corrected chi connectivity index (χ4v) is 4.53. The number of H-pyrrole nitrogens is 1. The van der Waals surface area contributed by atoms with E-state index in [1.54, 1.807) is 23.1 Å². The van der Waals surface area contributed by atoms with E-state index in [-0.39, 0.29) is 23.5 Å². The number of carbonyl (C=O) groups is 2. The number of hydrogen-bond donors (Lipinski definition) is 2. The highest BCUT2D eigenvalue weighted by atomic mass is 16.5. The van der Waals surface area contributed by atoms with E-state index in [4.69, 9.17) is 9.47 Å². The van der Waals surface area contributed by atoms with Crippen LogP contribution in [0.4, 0.5) is 0 Å². The van der Waals surface area contributed by atoms with Gasteiger partial charge in [0.2, 0.25) is 5.91 Å². The van der Waals surface area contributed by atoms with Gasteiger partial charge in [0.15, 0.2) is 0 Å². The number of ether oxygens (including phenoxy) is 2. The number of nitrogens with zero attached hydrogens (tertiary/aromatic N) is 1. The molecule has 0 spiro atoms. The summed E-state index contributed by atoms with van der Waals surface area (Å²) < 4.78 is 11.7. The minimum Gasteiger partial charge on any atom is -0.494 e. The van der Waals surface area contributed by atoms with E-state index >= 15 is 0 Å². The molecule has 7 nitrogen and oxygen atoms in total. The van der Waals surface area contributed by atoms with Crippen LogP contribution in [0.15, 0.2) is 66.9 Å². The summed E-state index contributed by atoms with van der Waals surface area (Å²) in [6, 6.07) is 18.5. The van der Waals surface area contributed by atoms with Gasteiger partial charge in [0, 0.05) is 37.0 Å². The summed E-state index contributed by atoms with van der Waals surface area (Å²) in [4.78, 5) is 31.6. The molecule has 190 valence electrons. The van der Waals surface area contributed by atoms with Gasteiger partial charge < -0.3 is 24.7 Å². The first-order chi connectivity index (χ1) is 17.2. The predicted octanol–water partition coefficient (Wildman–Crippen LogP) is 4.80. The Morgan fingerprint density at radius 1 is 1.08 bits per heavy atom. The maximum Gasteiger partial charge on any atom is 0.254 e. The van der Waals surface area contributed by atoms with Crippen molar-refractivity contribution in [2.45, 2.75) is 58.4 Å². The third kappa shape index (κ3) is 6.34. The van der Waals surface area contributed by atoms with Gasteiger partial charge in [-0.3, -0.25) is 9.59 Å². The molecule has 2 N–H and O–H groups in total. The molecule has 2 atom stereocenters. The Balaban J connectivity index is 1.46. The third-order valence-electron chi connectivity index (χ3n) is 6.07. The maximum absolute atomic E-state index is 13.5. The van der Waals surface area contributed by atoms with E-state index in [1.165, 1.54) is 0 Å². The lowest BCUT2D eigenvalue weighted by molar-refractivity contribution is -0.125. The number of aromatic amines is 1. The lowest BCUT2D eigenvalue weighted by atomic mass is 10.1. The molecule has 4 rings (SSSR count). The number of hydrogen-bond acceptors (Lipinski definition) is 4. The van der Waals surface area contributed by atoms with Crippen LogP contribution in [0.2, 0.25) is 0 Å². The molecule has 0 unspecified atom stereocenters. The van der Waals surface area contributed by atoms with Gasteiger partial charge in [0.05, 0.1) is 18.3 Å². The highest BCUT2D eigenvalue weighted by molar-refractivity contribution is 5.98. The molecule has 1 aliphatic heterocycles. The van der Waals surface area contributed by atoms with Crippen LogP contribution in [0.1, 0.15) is 50.0 Å². The van der Waals surface area contributed by atoms with Crippen molar-refractivity contribution in [3.8, 4) is 17.0 Å². The summed E-state index contributed by atoms with van der Waals surface area (Å²) in [5.74, 6) is 0.249. The highest BCUT2D eigenvalue weighted by Gasteiger charge is 2.41. The van der Waals surface area contributed by atoms with Gasteiger partial charge >= 0.3 is 0 Å². The molecule has 1 aliphatic rings. The molecule has 2 aromatic carbocycles. The quantitative estimate of drug-likeness (QED) is 0.476. The predicted molar refractivity (Wildman–Crippen MR) is 140 cm³/mol. The van der Waals surface area contributed by atoms with E-state index < -0.39 is 6.04 Å². The minimum atomic E-state index is -0.612. The van der Waals surface area contributed by atoms with E-state index in [0.29, 0.717) is 37.4 Å². The van der Waals surface area contributed by atoms with Gasteiger partial charge in [-0.1, -0.05) is 30.3 Å². The molecule has 2 amide bonds. The van der Waals surface area contributed by atoms with Crippen LogP contribution in [-0.2, 0) is 16.1 Å². The first-order valence-corrected chi connectivity index (χ1v) is 12.5. The molecule has 1 saturated heterocycles. The molecule has 0 radical (unpaired) electrons. The van der Waals surface area contributed by atoms with Gasteiger partial charge in [0.25, 0.3) is 5.91 Å². The number of likely N-dealkylation sites (tertiary alicyclic amines) is 1. The Labute approximate surface area is 212 Å². The maximum atomic E-state index is 13.5. The zero-order valence-electron chi connectivity index (χ0n) is 21.4. The van der Waals surface area contributed by atoms with Crippen molar-refractivity contribution in [2.24, 2.45) is 0 Å². The van der Waals surface area contributed by atoms with E-state index in [0.717, 1.165) is 16.8 Å². The smallest absolute Gasteiger partial charge is 0.254 e. The summed E-state index contributed by atoms with van der Waals surface area (Å²) >= 11 is 0. The number of aromatic nitrogens is 1. The zero-order valence-corrected chi connectivity index (χ0v) is 21.4. The minimum absolute atomic E-state index is 0.183. The number of nitrogens with one attached hydrogen (secondary N) is 2. The summed E-state index contributed by atoms with van der Waals surface area (Å²) in [6.45, 7) is 9.10. The van der Waals surface area contributed by atoms with Gasteiger partial charge in [0.1, 0.15) is 11.8 Å². The molecular weight excluding hydrogens is 454 g/mol. The average molecular weight is 490 g/mol. The topological polar surface area (TPSA) is 83.7 Å². The van der Waals surface area contributed by atoms with Crippen LogP contribution in [-0.4, -0.2) is 52.6 Å². The Bertz CT molecular complexity index is 1170. The van der Waals surface area contributed by atoms with Crippen molar-refractivity contribution in [3.05, 3.63) is 78.0 Å². The largest absolute Gasteiger partial charge is 0.494 e. The fourth-order valence-electron chi connectivity index (χ4n) is 4.53. The summed E-state index contributed by atoms with van der Waals surface area (Å²) in [5, 5.41) is 3.03. The van der Waals surface area contributed by atoms with Crippen LogP contribution in [0.5, 0.6) is 5.75 Å². The molecule has 3 aromatic rings. The number of amides is 2. The molecule has 2 heterocycles. The first-order valence-electron chi connectivity index (χ1n) is 12.5.